The highest BCUT2D eigenvalue weighted by Gasteiger charge is 2.14. The lowest BCUT2D eigenvalue weighted by atomic mass is 10.1. The second kappa shape index (κ2) is 4.76. The first kappa shape index (κ1) is 11.5. The number of hydrogen-bond donors (Lipinski definition) is 1. The summed E-state index contributed by atoms with van der Waals surface area (Å²) in [5.41, 5.74) is 4.46. The van der Waals surface area contributed by atoms with E-state index < -0.39 is 16.4 Å². The fraction of sp³-hybridized carbons (Fsp3) is 0.100. The number of rotatable bonds is 1. The SMILES string of the molecule is N#CCC#Cc1cc([N+](=O)[O-])c(N)cc1F. The average molecular weight is 219 g/mol. The van der Waals surface area contributed by atoms with Crippen LogP contribution in [0.1, 0.15) is 12.0 Å². The van der Waals surface area contributed by atoms with E-state index in [-0.39, 0.29) is 17.7 Å². The predicted octanol–water partition coefficient (Wildman–Crippen LogP) is 1.58. The Kier molecular flexibility index (Phi) is 3.41. The third kappa shape index (κ3) is 2.46. The monoisotopic (exact) mass is 219 g/mol. The molecule has 0 radical (unpaired) electrons. The minimum atomic E-state index is -0.742. The molecule has 0 saturated carbocycles. The topological polar surface area (TPSA) is 92.9 Å². The van der Waals surface area contributed by atoms with Crippen molar-refractivity contribution in [3.8, 4) is 17.9 Å². The largest absolute Gasteiger partial charge is 0.393 e. The summed E-state index contributed by atoms with van der Waals surface area (Å²) in [6, 6.07) is 3.55. The number of nitriles is 1. The second-order valence-electron chi connectivity index (χ2n) is 2.78. The highest BCUT2D eigenvalue weighted by molar-refractivity contribution is 5.62. The molecule has 1 aromatic carbocycles. The van der Waals surface area contributed by atoms with Crippen molar-refractivity contribution < 1.29 is 9.31 Å². The minimum absolute atomic E-state index is 0.0718. The molecule has 0 aliphatic carbocycles. The highest BCUT2D eigenvalue weighted by Crippen LogP contribution is 2.24. The Labute approximate surface area is 90.4 Å². The Bertz CT molecular complexity index is 537. The summed E-state index contributed by atoms with van der Waals surface area (Å²) in [5, 5.41) is 18.7. The van der Waals surface area contributed by atoms with Gasteiger partial charge in [-0.3, -0.25) is 10.1 Å². The van der Waals surface area contributed by atoms with E-state index in [1.54, 1.807) is 6.07 Å². The number of anilines is 1. The van der Waals surface area contributed by atoms with Gasteiger partial charge >= 0.3 is 0 Å². The maximum atomic E-state index is 13.2. The molecule has 0 atom stereocenters. The molecule has 0 fully saturated rings. The number of nitrogens with zero attached hydrogens (tertiary/aromatic N) is 2. The van der Waals surface area contributed by atoms with Gasteiger partial charge < -0.3 is 5.73 Å². The molecule has 1 aromatic rings. The fourth-order valence-electron chi connectivity index (χ4n) is 1.01. The molecule has 6 heteroatoms. The summed E-state index contributed by atoms with van der Waals surface area (Å²) < 4.78 is 13.2. The third-order valence-corrected chi connectivity index (χ3v) is 1.70. The summed E-state index contributed by atoms with van der Waals surface area (Å²) >= 11 is 0. The van der Waals surface area contributed by atoms with Gasteiger partial charge in [-0.25, -0.2) is 4.39 Å². The van der Waals surface area contributed by atoms with Crippen molar-refractivity contribution >= 4 is 11.4 Å². The zero-order valence-electron chi connectivity index (χ0n) is 8.03. The average Bonchev–Trinajstić information content (AvgIpc) is 2.21. The standard InChI is InChI=1S/C10H6FN3O2/c11-8-6-9(13)10(14(15)16)5-7(8)3-1-2-4-12/h5-6H,2,13H2. The van der Waals surface area contributed by atoms with E-state index in [9.17, 15) is 14.5 Å². The summed E-state index contributed by atoms with van der Waals surface area (Å²) in [4.78, 5) is 9.80. The van der Waals surface area contributed by atoms with Gasteiger partial charge in [0.1, 0.15) is 11.5 Å². The van der Waals surface area contributed by atoms with Crippen LogP contribution >= 0.6 is 0 Å². The van der Waals surface area contributed by atoms with E-state index in [0.29, 0.717) is 0 Å². The molecule has 0 spiro atoms. The molecule has 0 aromatic heterocycles. The molecular weight excluding hydrogens is 213 g/mol. The van der Waals surface area contributed by atoms with Crippen LogP contribution in [0.4, 0.5) is 15.8 Å². The zero-order chi connectivity index (χ0) is 12.1. The van der Waals surface area contributed by atoms with Gasteiger partial charge in [0.05, 0.1) is 23.0 Å². The Hall–Kier alpha value is -2.60. The molecule has 0 amide bonds. The Morgan fingerprint density at radius 1 is 1.56 bits per heavy atom. The van der Waals surface area contributed by atoms with Crippen LogP contribution in [-0.4, -0.2) is 4.92 Å². The summed E-state index contributed by atoms with van der Waals surface area (Å²) in [7, 11) is 0. The molecule has 0 aliphatic rings. The van der Waals surface area contributed by atoms with E-state index in [4.69, 9.17) is 11.0 Å². The Morgan fingerprint density at radius 3 is 2.81 bits per heavy atom. The molecule has 2 N–H and O–H groups in total. The lowest BCUT2D eigenvalue weighted by molar-refractivity contribution is -0.384. The maximum absolute atomic E-state index is 13.2. The van der Waals surface area contributed by atoms with E-state index >= 15 is 0 Å². The van der Waals surface area contributed by atoms with Crippen LogP contribution in [0.5, 0.6) is 0 Å². The lowest BCUT2D eigenvalue weighted by Crippen LogP contribution is -1.98. The van der Waals surface area contributed by atoms with Crippen LogP contribution in [0.3, 0.4) is 0 Å². The molecule has 5 nitrogen and oxygen atoms in total. The van der Waals surface area contributed by atoms with Crippen molar-refractivity contribution in [1.29, 1.82) is 5.26 Å². The van der Waals surface area contributed by atoms with Crippen LogP contribution < -0.4 is 5.73 Å². The third-order valence-electron chi connectivity index (χ3n) is 1.70. The second-order valence-corrected chi connectivity index (χ2v) is 2.78. The number of nitrogens with two attached hydrogens (primary N) is 1. The van der Waals surface area contributed by atoms with E-state index in [2.05, 4.69) is 11.8 Å². The molecule has 0 aliphatic heterocycles. The van der Waals surface area contributed by atoms with Gasteiger partial charge in [0.2, 0.25) is 0 Å². The van der Waals surface area contributed by atoms with E-state index in [0.717, 1.165) is 12.1 Å². The first-order valence-electron chi connectivity index (χ1n) is 4.15. The quantitative estimate of drug-likeness (QED) is 0.336. The summed E-state index contributed by atoms with van der Waals surface area (Å²) in [5.74, 6) is 3.95. The van der Waals surface area contributed by atoms with Crippen LogP contribution in [0.25, 0.3) is 0 Å². The lowest BCUT2D eigenvalue weighted by Gasteiger charge is -1.99. The molecule has 0 bridgehead atoms. The van der Waals surface area contributed by atoms with Crippen molar-refractivity contribution in [3.05, 3.63) is 33.6 Å². The number of hydrogen-bond acceptors (Lipinski definition) is 4. The summed E-state index contributed by atoms with van der Waals surface area (Å²) in [6.45, 7) is 0. The smallest absolute Gasteiger partial charge is 0.293 e. The van der Waals surface area contributed by atoms with Crippen LogP contribution in [-0.2, 0) is 0 Å². The summed E-state index contributed by atoms with van der Waals surface area (Å²) in [6.07, 6.45) is -0.0718. The number of nitrogen functional groups attached to an aromatic ring is 1. The number of benzene rings is 1. The van der Waals surface area contributed by atoms with E-state index in [1.165, 1.54) is 0 Å². The molecule has 0 heterocycles. The molecule has 80 valence electrons. The van der Waals surface area contributed by atoms with Crippen molar-refractivity contribution in [3.63, 3.8) is 0 Å². The molecule has 1 rings (SSSR count). The maximum Gasteiger partial charge on any atom is 0.293 e. The van der Waals surface area contributed by atoms with Crippen molar-refractivity contribution in [2.75, 3.05) is 5.73 Å². The van der Waals surface area contributed by atoms with Gasteiger partial charge in [0.15, 0.2) is 0 Å². The number of halogens is 1. The number of nitro groups is 1. The van der Waals surface area contributed by atoms with Crippen LogP contribution in [0.2, 0.25) is 0 Å². The number of nitro benzene ring substituents is 1. The van der Waals surface area contributed by atoms with Crippen LogP contribution in [0, 0.1) is 39.1 Å². The first-order valence-corrected chi connectivity index (χ1v) is 4.15. The minimum Gasteiger partial charge on any atom is -0.393 e. The highest BCUT2D eigenvalue weighted by atomic mass is 19.1. The molecule has 16 heavy (non-hydrogen) atoms. The van der Waals surface area contributed by atoms with Gasteiger partial charge in [-0.2, -0.15) is 5.26 Å². The Morgan fingerprint density at radius 2 is 2.25 bits per heavy atom. The Balaban J connectivity index is 3.22. The molecule has 0 unspecified atom stereocenters. The van der Waals surface area contributed by atoms with Gasteiger partial charge in [0.25, 0.3) is 5.69 Å². The van der Waals surface area contributed by atoms with Gasteiger partial charge in [-0.15, -0.1) is 0 Å². The van der Waals surface area contributed by atoms with Gasteiger partial charge in [-0.05, 0) is 0 Å². The molecular formula is C10H6FN3O2. The normalized spacial score (nSPS) is 8.75. The predicted molar refractivity (Wildman–Crippen MR) is 54.6 cm³/mol. The van der Waals surface area contributed by atoms with Crippen molar-refractivity contribution in [2.45, 2.75) is 6.42 Å². The molecule has 0 saturated heterocycles. The van der Waals surface area contributed by atoms with Crippen molar-refractivity contribution in [2.24, 2.45) is 0 Å². The van der Waals surface area contributed by atoms with Gasteiger partial charge in [-0.1, -0.05) is 11.8 Å². The van der Waals surface area contributed by atoms with Crippen molar-refractivity contribution in [1.82, 2.24) is 0 Å². The zero-order valence-corrected chi connectivity index (χ0v) is 8.03. The first-order chi connectivity index (χ1) is 7.56. The van der Waals surface area contributed by atoms with Gasteiger partial charge in [0, 0.05) is 12.1 Å². The van der Waals surface area contributed by atoms with Crippen LogP contribution in [0.15, 0.2) is 12.1 Å². The van der Waals surface area contributed by atoms with E-state index in [1.807, 2.05) is 0 Å². The fourth-order valence-corrected chi connectivity index (χ4v) is 1.01.